The number of carbonyl (C=O) groups excluding carboxylic acids is 1. The van der Waals surface area contributed by atoms with Crippen LogP contribution < -0.4 is 0 Å². The maximum absolute atomic E-state index is 11.1. The van der Waals surface area contributed by atoms with Crippen molar-refractivity contribution >= 4 is 22.1 Å². The molecular formula is C9H12O7S. The summed E-state index contributed by atoms with van der Waals surface area (Å²) in [5, 5.41) is 8.27. The smallest absolute Gasteiger partial charge is 0.337 e. The SMILES string of the molecule is C=C(C=CC(=O)O)C(=O)OCCCS(=O)(=O)O. The van der Waals surface area contributed by atoms with Gasteiger partial charge in [0, 0.05) is 6.08 Å². The zero-order valence-corrected chi connectivity index (χ0v) is 9.64. The summed E-state index contributed by atoms with van der Waals surface area (Å²) >= 11 is 0. The van der Waals surface area contributed by atoms with Crippen molar-refractivity contribution in [2.45, 2.75) is 6.42 Å². The van der Waals surface area contributed by atoms with Crippen molar-refractivity contribution in [3.05, 3.63) is 24.3 Å². The third kappa shape index (κ3) is 9.27. The molecule has 0 aromatic heterocycles. The lowest BCUT2D eigenvalue weighted by Crippen LogP contribution is -2.11. The maximum Gasteiger partial charge on any atom is 0.337 e. The second-order valence-corrected chi connectivity index (χ2v) is 4.54. The summed E-state index contributed by atoms with van der Waals surface area (Å²) in [4.78, 5) is 21.2. The topological polar surface area (TPSA) is 118 Å². The Morgan fingerprint density at radius 3 is 2.35 bits per heavy atom. The molecule has 0 aliphatic carbocycles. The van der Waals surface area contributed by atoms with Gasteiger partial charge in [-0.2, -0.15) is 8.42 Å². The third-order valence-electron chi connectivity index (χ3n) is 1.47. The Labute approximate surface area is 98.1 Å². The minimum absolute atomic E-state index is 0.0551. The number of carbonyl (C=O) groups is 2. The second kappa shape index (κ2) is 6.81. The number of rotatable bonds is 7. The van der Waals surface area contributed by atoms with Crippen LogP contribution >= 0.6 is 0 Å². The van der Waals surface area contributed by atoms with Gasteiger partial charge in [0.05, 0.1) is 17.9 Å². The summed E-state index contributed by atoms with van der Waals surface area (Å²) in [6.45, 7) is 3.05. The first-order chi connectivity index (χ1) is 7.72. The highest BCUT2D eigenvalue weighted by Crippen LogP contribution is 1.98. The minimum Gasteiger partial charge on any atom is -0.478 e. The average Bonchev–Trinajstić information content (AvgIpc) is 2.19. The lowest BCUT2D eigenvalue weighted by atomic mass is 10.3. The van der Waals surface area contributed by atoms with Crippen LogP contribution in [0.1, 0.15) is 6.42 Å². The van der Waals surface area contributed by atoms with Gasteiger partial charge in [-0.1, -0.05) is 6.58 Å². The summed E-state index contributed by atoms with van der Waals surface area (Å²) in [6.07, 6.45) is 1.63. The number of carboxylic acid groups (broad SMARTS) is 1. The standard InChI is InChI=1S/C9H12O7S/c1-7(3-4-8(10)11)9(12)16-5-2-6-17(13,14)15/h3-4H,1-2,5-6H2,(H,10,11)(H,13,14,15). The van der Waals surface area contributed by atoms with Gasteiger partial charge in [-0.15, -0.1) is 0 Å². The van der Waals surface area contributed by atoms with Crippen molar-refractivity contribution in [3.63, 3.8) is 0 Å². The number of esters is 1. The lowest BCUT2D eigenvalue weighted by molar-refractivity contribution is -0.138. The molecule has 0 saturated heterocycles. The summed E-state index contributed by atoms with van der Waals surface area (Å²) in [6, 6.07) is 0. The lowest BCUT2D eigenvalue weighted by Gasteiger charge is -2.03. The van der Waals surface area contributed by atoms with Gasteiger partial charge in [0.15, 0.2) is 0 Å². The van der Waals surface area contributed by atoms with E-state index < -0.39 is 27.8 Å². The van der Waals surface area contributed by atoms with E-state index in [0.717, 1.165) is 12.2 Å². The average molecular weight is 264 g/mol. The van der Waals surface area contributed by atoms with Gasteiger partial charge < -0.3 is 9.84 Å². The van der Waals surface area contributed by atoms with Gasteiger partial charge >= 0.3 is 11.9 Å². The Morgan fingerprint density at radius 1 is 1.29 bits per heavy atom. The molecule has 0 unspecified atom stereocenters. The van der Waals surface area contributed by atoms with E-state index in [1.54, 1.807) is 0 Å². The van der Waals surface area contributed by atoms with Crippen LogP contribution in [-0.4, -0.2) is 42.4 Å². The maximum atomic E-state index is 11.1. The molecule has 0 aromatic rings. The summed E-state index contributed by atoms with van der Waals surface area (Å²) in [5.74, 6) is -2.60. The first-order valence-corrected chi connectivity index (χ1v) is 6.05. The van der Waals surface area contributed by atoms with E-state index in [9.17, 15) is 18.0 Å². The number of hydrogen-bond donors (Lipinski definition) is 2. The highest BCUT2D eigenvalue weighted by atomic mass is 32.2. The van der Waals surface area contributed by atoms with Gasteiger partial charge in [0.1, 0.15) is 0 Å². The molecule has 0 amide bonds. The van der Waals surface area contributed by atoms with E-state index in [2.05, 4.69) is 11.3 Å². The van der Waals surface area contributed by atoms with E-state index in [1.165, 1.54) is 0 Å². The molecule has 7 nitrogen and oxygen atoms in total. The van der Waals surface area contributed by atoms with E-state index in [1.807, 2.05) is 0 Å². The van der Waals surface area contributed by atoms with Crippen LogP contribution in [-0.2, 0) is 24.4 Å². The molecular weight excluding hydrogens is 252 g/mol. The second-order valence-electron chi connectivity index (χ2n) is 2.97. The van der Waals surface area contributed by atoms with E-state index >= 15 is 0 Å². The Hall–Kier alpha value is -1.67. The quantitative estimate of drug-likeness (QED) is 0.218. The Balaban J connectivity index is 3.95. The minimum atomic E-state index is -4.07. The van der Waals surface area contributed by atoms with Crippen LogP contribution in [0, 0.1) is 0 Å². The normalized spacial score (nSPS) is 11.4. The molecule has 0 saturated carbocycles. The van der Waals surface area contributed by atoms with E-state index in [0.29, 0.717) is 0 Å². The Morgan fingerprint density at radius 2 is 1.88 bits per heavy atom. The van der Waals surface area contributed by atoms with Gasteiger partial charge in [0.2, 0.25) is 0 Å². The molecule has 0 spiro atoms. The van der Waals surface area contributed by atoms with Crippen molar-refractivity contribution in [3.8, 4) is 0 Å². The summed E-state index contributed by atoms with van der Waals surface area (Å²) < 4.78 is 33.6. The summed E-state index contributed by atoms with van der Waals surface area (Å²) in [5.41, 5.74) is -0.167. The number of carboxylic acids is 1. The first-order valence-electron chi connectivity index (χ1n) is 4.44. The predicted octanol–water partition coefficient (Wildman–Crippen LogP) is 0.00450. The molecule has 0 aliphatic heterocycles. The van der Waals surface area contributed by atoms with E-state index in [-0.39, 0.29) is 18.6 Å². The van der Waals surface area contributed by atoms with Gasteiger partial charge in [0.25, 0.3) is 10.1 Å². The van der Waals surface area contributed by atoms with Crippen molar-refractivity contribution in [1.29, 1.82) is 0 Å². The van der Waals surface area contributed by atoms with Gasteiger partial charge in [-0.05, 0) is 12.5 Å². The molecule has 0 rings (SSSR count). The molecule has 96 valence electrons. The molecule has 2 N–H and O–H groups in total. The molecule has 0 aromatic carbocycles. The fourth-order valence-electron chi connectivity index (χ4n) is 0.739. The van der Waals surface area contributed by atoms with Crippen LogP contribution in [0.25, 0.3) is 0 Å². The highest BCUT2D eigenvalue weighted by molar-refractivity contribution is 7.85. The number of aliphatic carboxylic acids is 1. The van der Waals surface area contributed by atoms with E-state index in [4.69, 9.17) is 9.66 Å². The molecule has 0 radical (unpaired) electrons. The van der Waals surface area contributed by atoms with Crippen molar-refractivity contribution in [1.82, 2.24) is 0 Å². The van der Waals surface area contributed by atoms with Gasteiger partial charge in [-0.3, -0.25) is 4.55 Å². The van der Waals surface area contributed by atoms with Gasteiger partial charge in [-0.25, -0.2) is 9.59 Å². The van der Waals surface area contributed by atoms with Crippen LogP contribution in [0.2, 0.25) is 0 Å². The van der Waals surface area contributed by atoms with Crippen molar-refractivity contribution in [2.75, 3.05) is 12.4 Å². The monoisotopic (exact) mass is 264 g/mol. The zero-order chi connectivity index (χ0) is 13.5. The fraction of sp³-hybridized carbons (Fsp3) is 0.333. The molecule has 0 aliphatic rings. The molecule has 17 heavy (non-hydrogen) atoms. The molecule has 0 fully saturated rings. The predicted molar refractivity (Wildman–Crippen MR) is 57.9 cm³/mol. The van der Waals surface area contributed by atoms with Crippen LogP contribution in [0.15, 0.2) is 24.3 Å². The Kier molecular flexibility index (Phi) is 6.15. The van der Waals surface area contributed by atoms with Crippen LogP contribution in [0.3, 0.4) is 0 Å². The highest BCUT2D eigenvalue weighted by Gasteiger charge is 2.08. The van der Waals surface area contributed by atoms with Crippen LogP contribution in [0.4, 0.5) is 0 Å². The molecule has 8 heteroatoms. The largest absolute Gasteiger partial charge is 0.478 e. The number of ether oxygens (including phenoxy) is 1. The third-order valence-corrected chi connectivity index (χ3v) is 2.27. The molecule has 0 bridgehead atoms. The zero-order valence-electron chi connectivity index (χ0n) is 8.83. The van der Waals surface area contributed by atoms with Crippen LogP contribution in [0.5, 0.6) is 0 Å². The number of hydrogen-bond acceptors (Lipinski definition) is 5. The van der Waals surface area contributed by atoms with Crippen molar-refractivity contribution in [2.24, 2.45) is 0 Å². The molecule has 0 atom stereocenters. The fourth-order valence-corrected chi connectivity index (χ4v) is 1.22. The first kappa shape index (κ1) is 15.3. The Bertz CT molecular complexity index is 432. The molecule has 0 heterocycles. The van der Waals surface area contributed by atoms with Crippen molar-refractivity contribution < 1.29 is 32.4 Å². The summed E-state index contributed by atoms with van der Waals surface area (Å²) in [7, 11) is -4.07.